The Morgan fingerprint density at radius 2 is 2.12 bits per heavy atom. The molecule has 0 unspecified atom stereocenters. The number of nitrogens with two attached hydrogens (primary N) is 1. The third kappa shape index (κ3) is 3.88. The van der Waals surface area contributed by atoms with E-state index >= 15 is 0 Å². The number of carbonyl (C=O) groups is 3. The molecule has 0 saturated carbocycles. The number of carboxylic acids is 1. The van der Waals surface area contributed by atoms with Gasteiger partial charge < -0.3 is 25.2 Å². The molecule has 9 heteroatoms. The van der Waals surface area contributed by atoms with Gasteiger partial charge in [0.05, 0.1) is 18.1 Å². The Hall–Kier alpha value is -2.48. The van der Waals surface area contributed by atoms with Gasteiger partial charge in [-0.15, -0.1) is 0 Å². The zero-order chi connectivity index (χ0) is 17.9. The molecule has 1 fully saturated rings. The van der Waals surface area contributed by atoms with Gasteiger partial charge in [0, 0.05) is 18.7 Å². The number of hydrogen-bond acceptors (Lipinski definition) is 5. The Labute approximate surface area is 143 Å². The third-order valence-corrected chi connectivity index (χ3v) is 3.94. The molecule has 1 aromatic rings. The van der Waals surface area contributed by atoms with Crippen LogP contribution in [0.15, 0.2) is 12.1 Å². The summed E-state index contributed by atoms with van der Waals surface area (Å²) in [6.07, 6.45) is 0.408. The largest absolute Gasteiger partial charge is 0.493 e. The van der Waals surface area contributed by atoms with Crippen molar-refractivity contribution in [3.63, 3.8) is 0 Å². The van der Waals surface area contributed by atoms with Crippen LogP contribution in [0.1, 0.15) is 16.8 Å². The summed E-state index contributed by atoms with van der Waals surface area (Å²) in [6, 6.07) is 2.81. The second-order valence-corrected chi connectivity index (χ2v) is 5.73. The van der Waals surface area contributed by atoms with Gasteiger partial charge in [0.1, 0.15) is 0 Å². The number of hydrogen-bond donors (Lipinski definition) is 2. The number of carboxylic acid groups (broad SMARTS) is 1. The number of amides is 2. The summed E-state index contributed by atoms with van der Waals surface area (Å²) in [5, 5.41) is 9.11. The number of methoxy groups -OCH3 is 1. The molecule has 1 heterocycles. The van der Waals surface area contributed by atoms with Crippen molar-refractivity contribution in [2.75, 3.05) is 26.8 Å². The minimum absolute atomic E-state index is 0.0907. The highest BCUT2D eigenvalue weighted by atomic mass is 35.5. The van der Waals surface area contributed by atoms with Crippen LogP contribution in [0.4, 0.5) is 0 Å². The zero-order valence-corrected chi connectivity index (χ0v) is 13.7. The van der Waals surface area contributed by atoms with Crippen LogP contribution >= 0.6 is 11.6 Å². The van der Waals surface area contributed by atoms with E-state index in [0.717, 1.165) is 0 Å². The first kappa shape index (κ1) is 17.9. The molecule has 2 amide bonds. The molecule has 0 aromatic heterocycles. The van der Waals surface area contributed by atoms with E-state index in [1.54, 1.807) is 0 Å². The predicted molar refractivity (Wildman–Crippen MR) is 84.3 cm³/mol. The lowest BCUT2D eigenvalue weighted by atomic mass is 10.1. The molecule has 0 aliphatic carbocycles. The van der Waals surface area contributed by atoms with Gasteiger partial charge in [-0.1, -0.05) is 11.6 Å². The van der Waals surface area contributed by atoms with Crippen molar-refractivity contribution in [2.45, 2.75) is 6.42 Å². The van der Waals surface area contributed by atoms with Gasteiger partial charge in [0.2, 0.25) is 0 Å². The highest BCUT2D eigenvalue weighted by molar-refractivity contribution is 6.32. The summed E-state index contributed by atoms with van der Waals surface area (Å²) in [4.78, 5) is 35.8. The monoisotopic (exact) mass is 356 g/mol. The van der Waals surface area contributed by atoms with E-state index in [1.165, 1.54) is 24.1 Å². The molecule has 8 nitrogen and oxygen atoms in total. The molecule has 1 aliphatic heterocycles. The predicted octanol–water partition coefficient (Wildman–Crippen LogP) is 0.759. The summed E-state index contributed by atoms with van der Waals surface area (Å²) in [5.41, 5.74) is 5.27. The van der Waals surface area contributed by atoms with E-state index in [9.17, 15) is 14.4 Å². The number of primary amides is 1. The SMILES string of the molecule is COc1cc(C(=O)N2CC[C@H](C(=O)O)C2)cc(Cl)c1OCC(N)=O. The number of benzene rings is 1. The maximum absolute atomic E-state index is 12.5. The number of likely N-dealkylation sites (tertiary alicyclic amines) is 1. The van der Waals surface area contributed by atoms with Crippen LogP contribution < -0.4 is 15.2 Å². The molecule has 1 saturated heterocycles. The van der Waals surface area contributed by atoms with Gasteiger partial charge in [0.25, 0.3) is 11.8 Å². The number of carbonyl (C=O) groups excluding carboxylic acids is 2. The van der Waals surface area contributed by atoms with Crippen LogP contribution in [0.25, 0.3) is 0 Å². The van der Waals surface area contributed by atoms with Gasteiger partial charge in [-0.2, -0.15) is 0 Å². The Morgan fingerprint density at radius 3 is 2.67 bits per heavy atom. The summed E-state index contributed by atoms with van der Waals surface area (Å²) >= 11 is 6.10. The molecule has 1 aromatic carbocycles. The fourth-order valence-electron chi connectivity index (χ4n) is 2.46. The van der Waals surface area contributed by atoms with Crippen molar-refractivity contribution in [1.29, 1.82) is 0 Å². The molecule has 1 aliphatic rings. The van der Waals surface area contributed by atoms with Crippen molar-refractivity contribution in [3.05, 3.63) is 22.7 Å². The van der Waals surface area contributed by atoms with Gasteiger partial charge in [-0.3, -0.25) is 14.4 Å². The number of rotatable bonds is 6. The lowest BCUT2D eigenvalue weighted by Gasteiger charge is -2.18. The van der Waals surface area contributed by atoms with Crippen LogP contribution in [-0.4, -0.2) is 54.6 Å². The first-order valence-corrected chi connectivity index (χ1v) is 7.52. The second kappa shape index (κ2) is 7.39. The smallest absolute Gasteiger partial charge is 0.308 e. The van der Waals surface area contributed by atoms with E-state index in [1.807, 2.05) is 0 Å². The highest BCUT2D eigenvalue weighted by Crippen LogP contribution is 2.37. The Balaban J connectivity index is 2.22. The quantitative estimate of drug-likeness (QED) is 0.776. The van der Waals surface area contributed by atoms with Gasteiger partial charge in [0.15, 0.2) is 18.1 Å². The molecular formula is C15H17ClN2O6. The van der Waals surface area contributed by atoms with E-state index in [-0.39, 0.29) is 41.1 Å². The fourth-order valence-corrected chi connectivity index (χ4v) is 2.72. The second-order valence-electron chi connectivity index (χ2n) is 5.32. The first-order chi connectivity index (χ1) is 11.3. The summed E-state index contributed by atoms with van der Waals surface area (Å²) in [6.45, 7) is 0.124. The number of nitrogens with zero attached hydrogens (tertiary/aromatic N) is 1. The molecule has 24 heavy (non-hydrogen) atoms. The molecule has 0 radical (unpaired) electrons. The maximum atomic E-state index is 12.5. The fraction of sp³-hybridized carbons (Fsp3) is 0.400. The molecular weight excluding hydrogens is 340 g/mol. The number of halogens is 1. The van der Waals surface area contributed by atoms with E-state index in [4.69, 9.17) is 31.9 Å². The summed E-state index contributed by atoms with van der Waals surface area (Å²) in [7, 11) is 1.37. The van der Waals surface area contributed by atoms with E-state index in [0.29, 0.717) is 13.0 Å². The molecule has 2 rings (SSSR count). The molecule has 1 atom stereocenters. The Bertz CT molecular complexity index is 678. The van der Waals surface area contributed by atoms with E-state index in [2.05, 4.69) is 0 Å². The minimum Gasteiger partial charge on any atom is -0.493 e. The third-order valence-electron chi connectivity index (χ3n) is 3.66. The first-order valence-electron chi connectivity index (χ1n) is 7.14. The average molecular weight is 357 g/mol. The van der Waals surface area contributed by atoms with Crippen LogP contribution in [0, 0.1) is 5.92 Å². The lowest BCUT2D eigenvalue weighted by molar-refractivity contribution is -0.141. The normalized spacial score (nSPS) is 16.8. The Morgan fingerprint density at radius 1 is 1.42 bits per heavy atom. The van der Waals surface area contributed by atoms with E-state index < -0.39 is 17.8 Å². The van der Waals surface area contributed by atoms with Crippen LogP contribution in [0.2, 0.25) is 5.02 Å². The summed E-state index contributed by atoms with van der Waals surface area (Å²) in [5.74, 6) is -2.22. The van der Waals surface area contributed by atoms with Crippen LogP contribution in [-0.2, 0) is 9.59 Å². The van der Waals surface area contributed by atoms with Gasteiger partial charge >= 0.3 is 5.97 Å². The lowest BCUT2D eigenvalue weighted by Crippen LogP contribution is -2.30. The number of ether oxygens (including phenoxy) is 2. The van der Waals surface area contributed by atoms with Crippen molar-refractivity contribution >= 4 is 29.4 Å². The molecule has 0 bridgehead atoms. The standard InChI is InChI=1S/C15H17ClN2O6/c1-23-11-5-9(4-10(16)13(11)24-7-12(17)19)14(20)18-3-2-8(6-18)15(21)22/h4-5,8H,2-3,6-7H2,1H3,(H2,17,19)(H,21,22)/t8-/m0/s1. The van der Waals surface area contributed by atoms with Gasteiger partial charge in [-0.05, 0) is 18.6 Å². The molecule has 0 spiro atoms. The van der Waals surface area contributed by atoms with Crippen molar-refractivity contribution in [1.82, 2.24) is 4.90 Å². The maximum Gasteiger partial charge on any atom is 0.308 e. The van der Waals surface area contributed by atoms with Gasteiger partial charge in [-0.25, -0.2) is 0 Å². The van der Waals surface area contributed by atoms with Crippen molar-refractivity contribution < 1.29 is 29.0 Å². The topological polar surface area (TPSA) is 119 Å². The zero-order valence-electron chi connectivity index (χ0n) is 13.0. The van der Waals surface area contributed by atoms with Crippen LogP contribution in [0.5, 0.6) is 11.5 Å². The Kier molecular flexibility index (Phi) is 5.50. The van der Waals surface area contributed by atoms with Crippen molar-refractivity contribution in [3.8, 4) is 11.5 Å². The molecule has 3 N–H and O–H groups in total. The summed E-state index contributed by atoms with van der Waals surface area (Å²) < 4.78 is 10.3. The van der Waals surface area contributed by atoms with Crippen molar-refractivity contribution in [2.24, 2.45) is 11.7 Å². The minimum atomic E-state index is -0.920. The average Bonchev–Trinajstić information content (AvgIpc) is 3.02. The van der Waals surface area contributed by atoms with Crippen LogP contribution in [0.3, 0.4) is 0 Å². The highest BCUT2D eigenvalue weighted by Gasteiger charge is 2.32. The molecule has 130 valence electrons. The number of aliphatic carboxylic acids is 1.